The van der Waals surface area contributed by atoms with Crippen LogP contribution in [0.25, 0.3) is 0 Å². The van der Waals surface area contributed by atoms with Crippen LogP contribution in [0.4, 0.5) is 4.39 Å². The van der Waals surface area contributed by atoms with Gasteiger partial charge in [0, 0.05) is 0 Å². The van der Waals surface area contributed by atoms with Crippen molar-refractivity contribution in [2.24, 2.45) is 0 Å². The fourth-order valence-electron chi connectivity index (χ4n) is 1.74. The second-order valence-electron chi connectivity index (χ2n) is 3.90. The number of ether oxygens (including phenoxy) is 1. The van der Waals surface area contributed by atoms with Crippen molar-refractivity contribution in [2.75, 3.05) is 7.11 Å². The van der Waals surface area contributed by atoms with Gasteiger partial charge in [0.15, 0.2) is 0 Å². The quantitative estimate of drug-likeness (QED) is 0.589. The van der Waals surface area contributed by atoms with Crippen molar-refractivity contribution in [3.8, 4) is 5.75 Å². The number of methoxy groups -OCH3 is 1. The van der Waals surface area contributed by atoms with E-state index in [-0.39, 0.29) is 10.6 Å². The molecule has 0 heterocycles. The summed E-state index contributed by atoms with van der Waals surface area (Å²) >= 11 is 12.9. The van der Waals surface area contributed by atoms with Crippen molar-refractivity contribution < 1.29 is 9.13 Å². The Labute approximate surface area is 133 Å². The molecule has 1 atom stereocenters. The highest BCUT2D eigenvalue weighted by Crippen LogP contribution is 2.38. The Hall–Kier alpha value is -0.580. The van der Waals surface area contributed by atoms with Crippen LogP contribution in [0, 0.1) is 5.82 Å². The van der Waals surface area contributed by atoms with Crippen molar-refractivity contribution >= 4 is 43.5 Å². The van der Waals surface area contributed by atoms with Crippen LogP contribution in [0.15, 0.2) is 40.9 Å². The van der Waals surface area contributed by atoms with E-state index in [0.717, 1.165) is 11.1 Å². The molecule has 0 aliphatic carbocycles. The average Bonchev–Trinajstić information content (AvgIpc) is 2.41. The second-order valence-corrected chi connectivity index (χ2v) is 6.02. The van der Waals surface area contributed by atoms with Crippen molar-refractivity contribution in [3.63, 3.8) is 0 Å². The first-order valence-electron chi connectivity index (χ1n) is 5.46. The lowest BCUT2D eigenvalue weighted by Crippen LogP contribution is -1.96. The molecule has 0 spiro atoms. The van der Waals surface area contributed by atoms with Crippen LogP contribution in [-0.4, -0.2) is 7.11 Å². The zero-order valence-corrected chi connectivity index (χ0v) is 13.9. The van der Waals surface area contributed by atoms with Gasteiger partial charge in [0.05, 0.1) is 21.4 Å². The van der Waals surface area contributed by atoms with E-state index in [4.69, 9.17) is 16.3 Å². The summed E-state index contributed by atoms with van der Waals surface area (Å²) in [6.07, 6.45) is 0. The molecule has 2 aromatic rings. The summed E-state index contributed by atoms with van der Waals surface area (Å²) < 4.78 is 19.1. The van der Waals surface area contributed by atoms with Gasteiger partial charge in [0.1, 0.15) is 11.6 Å². The first-order valence-corrected chi connectivity index (χ1v) is 7.54. The lowest BCUT2D eigenvalue weighted by molar-refractivity contribution is 0.415. The third-order valence-electron chi connectivity index (χ3n) is 2.72. The molecule has 1 unspecified atom stereocenters. The van der Waals surface area contributed by atoms with Gasteiger partial charge in [-0.15, -0.1) is 0 Å². The van der Waals surface area contributed by atoms with Gasteiger partial charge in [-0.25, -0.2) is 4.39 Å². The molecular formula is C14H10Br2ClFO. The molecule has 0 amide bonds. The summed E-state index contributed by atoms with van der Waals surface area (Å²) in [5.74, 6) is 0.324. The van der Waals surface area contributed by atoms with Gasteiger partial charge in [-0.1, -0.05) is 45.7 Å². The highest BCUT2D eigenvalue weighted by Gasteiger charge is 2.17. The van der Waals surface area contributed by atoms with Crippen LogP contribution in [0.3, 0.4) is 0 Å². The molecule has 0 saturated carbocycles. The van der Waals surface area contributed by atoms with E-state index < -0.39 is 0 Å². The Balaban J connectivity index is 2.41. The molecule has 0 N–H and O–H groups in total. The number of alkyl halides is 1. The molecule has 0 aliphatic heterocycles. The molecule has 5 heteroatoms. The third-order valence-corrected chi connectivity index (χ3v) is 4.88. The molecule has 19 heavy (non-hydrogen) atoms. The average molecular weight is 408 g/mol. The largest absolute Gasteiger partial charge is 0.495 e. The predicted octanol–water partition coefficient (Wildman–Crippen LogP) is 5.73. The highest BCUT2D eigenvalue weighted by molar-refractivity contribution is 9.11. The molecule has 0 fully saturated rings. The minimum Gasteiger partial charge on any atom is -0.495 e. The van der Waals surface area contributed by atoms with Crippen LogP contribution < -0.4 is 4.74 Å². The summed E-state index contributed by atoms with van der Waals surface area (Å²) in [5, 5.41) is 0.525. The lowest BCUT2D eigenvalue weighted by atomic mass is 10.0. The summed E-state index contributed by atoms with van der Waals surface area (Å²) in [5.41, 5.74) is 1.73. The molecule has 0 aliphatic rings. The van der Waals surface area contributed by atoms with Crippen molar-refractivity contribution in [1.29, 1.82) is 0 Å². The third kappa shape index (κ3) is 3.12. The monoisotopic (exact) mass is 406 g/mol. The minimum atomic E-state index is -0.290. The summed E-state index contributed by atoms with van der Waals surface area (Å²) in [6, 6.07) is 10.4. The second kappa shape index (κ2) is 6.25. The molecular weight excluding hydrogens is 398 g/mol. The maximum Gasteiger partial charge on any atom is 0.137 e. The zero-order chi connectivity index (χ0) is 14.0. The van der Waals surface area contributed by atoms with E-state index in [1.807, 2.05) is 12.1 Å². The summed E-state index contributed by atoms with van der Waals surface area (Å²) in [6.45, 7) is 0. The Morgan fingerprint density at radius 1 is 1.26 bits per heavy atom. The van der Waals surface area contributed by atoms with Gasteiger partial charge < -0.3 is 4.74 Å². The molecule has 0 radical (unpaired) electrons. The van der Waals surface area contributed by atoms with Gasteiger partial charge in [-0.2, -0.15) is 0 Å². The maximum atomic E-state index is 13.5. The number of rotatable bonds is 3. The van der Waals surface area contributed by atoms with Gasteiger partial charge >= 0.3 is 0 Å². The van der Waals surface area contributed by atoms with Crippen LogP contribution in [0.5, 0.6) is 5.75 Å². The Kier molecular flexibility index (Phi) is 4.87. The summed E-state index contributed by atoms with van der Waals surface area (Å²) in [7, 11) is 1.57. The van der Waals surface area contributed by atoms with Gasteiger partial charge in [0.2, 0.25) is 0 Å². The maximum absolute atomic E-state index is 13.5. The highest BCUT2D eigenvalue weighted by atomic mass is 79.9. The molecule has 0 saturated heterocycles. The van der Waals surface area contributed by atoms with Crippen molar-refractivity contribution in [3.05, 3.63) is 62.8 Å². The Bertz CT molecular complexity index is 604. The summed E-state index contributed by atoms with van der Waals surface area (Å²) in [4.78, 5) is -0.152. The van der Waals surface area contributed by atoms with Gasteiger partial charge in [-0.05, 0) is 45.3 Å². The fraction of sp³-hybridized carbons (Fsp3) is 0.143. The smallest absolute Gasteiger partial charge is 0.137 e. The van der Waals surface area contributed by atoms with E-state index >= 15 is 0 Å². The SMILES string of the molecule is COc1ccc(C(Br)c2cccc(F)c2Br)cc1Cl. The van der Waals surface area contributed by atoms with E-state index in [9.17, 15) is 4.39 Å². The standard InChI is InChI=1S/C14H10Br2ClFO/c1-19-12-6-5-8(7-10(12)17)13(15)9-3-2-4-11(18)14(9)16/h2-7,13H,1H3. The van der Waals surface area contributed by atoms with Crippen LogP contribution in [0.2, 0.25) is 5.02 Å². The van der Waals surface area contributed by atoms with Crippen LogP contribution >= 0.6 is 43.5 Å². The number of halogens is 4. The number of hydrogen-bond acceptors (Lipinski definition) is 1. The van der Waals surface area contributed by atoms with E-state index in [1.54, 1.807) is 25.3 Å². The Morgan fingerprint density at radius 2 is 2.00 bits per heavy atom. The molecule has 0 bridgehead atoms. The molecule has 100 valence electrons. The van der Waals surface area contributed by atoms with Crippen molar-refractivity contribution in [2.45, 2.75) is 4.83 Å². The normalized spacial score (nSPS) is 12.3. The number of hydrogen-bond donors (Lipinski definition) is 0. The predicted molar refractivity (Wildman–Crippen MR) is 82.9 cm³/mol. The molecule has 2 rings (SSSR count). The first kappa shape index (κ1) is 14.8. The van der Waals surface area contributed by atoms with E-state index in [1.165, 1.54) is 6.07 Å². The molecule has 1 nitrogen and oxygen atoms in total. The molecule has 0 aromatic heterocycles. The van der Waals surface area contributed by atoms with E-state index in [2.05, 4.69) is 31.9 Å². The van der Waals surface area contributed by atoms with Crippen LogP contribution in [0.1, 0.15) is 16.0 Å². The minimum absolute atomic E-state index is 0.152. The fourth-order valence-corrected chi connectivity index (χ4v) is 3.47. The van der Waals surface area contributed by atoms with Crippen molar-refractivity contribution in [1.82, 2.24) is 0 Å². The van der Waals surface area contributed by atoms with E-state index in [0.29, 0.717) is 15.2 Å². The lowest BCUT2D eigenvalue weighted by Gasteiger charge is -2.14. The topological polar surface area (TPSA) is 9.23 Å². The molecule has 2 aromatic carbocycles. The zero-order valence-electron chi connectivity index (χ0n) is 9.96. The Morgan fingerprint density at radius 3 is 2.63 bits per heavy atom. The first-order chi connectivity index (χ1) is 9.04. The van der Waals surface area contributed by atoms with Gasteiger partial charge in [0.25, 0.3) is 0 Å². The number of benzene rings is 2. The van der Waals surface area contributed by atoms with Gasteiger partial charge in [-0.3, -0.25) is 0 Å². The van der Waals surface area contributed by atoms with Crippen LogP contribution in [-0.2, 0) is 0 Å².